The molecule has 0 unspecified atom stereocenters. The predicted octanol–water partition coefficient (Wildman–Crippen LogP) is 17.2. The third-order valence-electron chi connectivity index (χ3n) is 13.1. The van der Waals surface area contributed by atoms with Crippen LogP contribution in [0, 0.1) is 26.3 Å². The topological polar surface area (TPSA) is 53.1 Å². The van der Waals surface area contributed by atoms with Crippen molar-refractivity contribution in [3.8, 4) is 67.5 Å². The molecule has 0 radical (unpaired) electrons. The van der Waals surface area contributed by atoms with E-state index in [9.17, 15) is 0 Å². The number of hydrogen-bond donors (Lipinski definition) is 0. The molecule has 8 heteroatoms. The van der Waals surface area contributed by atoms with Crippen LogP contribution in [0.3, 0.4) is 0 Å². The first-order valence-corrected chi connectivity index (χ1v) is 22.5. The summed E-state index contributed by atoms with van der Waals surface area (Å²) in [5.74, 6) is 0.306. The van der Waals surface area contributed by atoms with Gasteiger partial charge >= 0.3 is 0 Å². The highest BCUT2D eigenvalue weighted by Crippen LogP contribution is 2.45. The van der Waals surface area contributed by atoms with Crippen molar-refractivity contribution in [1.29, 1.82) is 0 Å². The van der Waals surface area contributed by atoms with E-state index in [4.69, 9.17) is 36.3 Å². The average molecular weight is 891 g/mol. The summed E-state index contributed by atoms with van der Waals surface area (Å²) < 4.78 is 4.69. The number of hydrogen-bond acceptors (Lipinski definition) is 2. The van der Waals surface area contributed by atoms with Crippen molar-refractivity contribution in [3.63, 3.8) is 0 Å². The average Bonchev–Trinajstić information content (AvgIpc) is 3.95. The summed E-state index contributed by atoms with van der Waals surface area (Å²) in [6.07, 6.45) is 0. The lowest BCUT2D eigenvalue weighted by Crippen LogP contribution is -1.96. The Morgan fingerprint density at radius 1 is 0.314 bits per heavy atom. The summed E-state index contributed by atoms with van der Waals surface area (Å²) in [6, 6.07) is 68.7. The van der Waals surface area contributed by atoms with Crippen LogP contribution < -0.4 is 0 Å². The largest absolute Gasteiger partial charge is 0.309 e. The van der Waals surface area contributed by atoms with Gasteiger partial charge in [-0.1, -0.05) is 140 Å². The fraction of sp³-hybridized carbons (Fsp3) is 0. The van der Waals surface area contributed by atoms with E-state index < -0.39 is 0 Å². The number of rotatable bonds is 7. The molecule has 0 aliphatic carbocycles. The van der Waals surface area contributed by atoms with Gasteiger partial charge in [-0.05, 0) is 94.5 Å². The first-order chi connectivity index (χ1) is 34.5. The lowest BCUT2D eigenvalue weighted by molar-refractivity contribution is 1.17. The molecule has 12 rings (SSSR count). The second kappa shape index (κ2) is 16.8. The van der Waals surface area contributed by atoms with Gasteiger partial charge in [-0.2, -0.15) is 0 Å². The molecule has 0 saturated carbocycles. The molecule has 0 fully saturated rings. The van der Waals surface area contributed by atoms with E-state index >= 15 is 0 Å². The number of para-hydroxylation sites is 5. The van der Waals surface area contributed by atoms with Gasteiger partial charge in [-0.25, -0.2) is 29.3 Å². The molecule has 9 aromatic carbocycles. The third-order valence-corrected chi connectivity index (χ3v) is 13.1. The molecule has 0 aliphatic rings. The second-order valence-electron chi connectivity index (χ2n) is 16.9. The number of fused-ring (bicyclic) bond motifs is 6. The van der Waals surface area contributed by atoms with Crippen LogP contribution in [0.5, 0.6) is 0 Å². The quantitative estimate of drug-likeness (QED) is 0.150. The van der Waals surface area contributed by atoms with Crippen molar-refractivity contribution < 1.29 is 0 Å². The van der Waals surface area contributed by atoms with Gasteiger partial charge in [0.15, 0.2) is 22.7 Å². The Kier molecular flexibility index (Phi) is 9.86. The first-order valence-electron chi connectivity index (χ1n) is 22.5. The van der Waals surface area contributed by atoms with E-state index in [0.717, 1.165) is 39.1 Å². The molecular weight excluding hydrogens is 857 g/mol. The summed E-state index contributed by atoms with van der Waals surface area (Å²) >= 11 is 0. The van der Waals surface area contributed by atoms with Crippen LogP contribution in [0.1, 0.15) is 0 Å². The van der Waals surface area contributed by atoms with Gasteiger partial charge in [-0.15, -0.1) is 0 Å². The molecule has 0 spiro atoms. The molecule has 12 aromatic rings. The molecule has 70 heavy (non-hydrogen) atoms. The smallest absolute Gasteiger partial charge is 0.198 e. The molecule has 3 aromatic heterocycles. The van der Waals surface area contributed by atoms with Crippen molar-refractivity contribution in [2.45, 2.75) is 0 Å². The Morgan fingerprint density at radius 3 is 1.33 bits per heavy atom. The van der Waals surface area contributed by atoms with Crippen LogP contribution >= 0.6 is 0 Å². The zero-order valence-electron chi connectivity index (χ0n) is 37.2. The fourth-order valence-electron chi connectivity index (χ4n) is 9.84. The van der Waals surface area contributed by atoms with Gasteiger partial charge < -0.3 is 9.13 Å². The Balaban J connectivity index is 0.888. The zero-order chi connectivity index (χ0) is 47.3. The minimum Gasteiger partial charge on any atom is -0.309 e. The van der Waals surface area contributed by atoms with Crippen LogP contribution in [0.4, 0.5) is 22.7 Å². The van der Waals surface area contributed by atoms with E-state index in [0.29, 0.717) is 62.2 Å². The Hall–Kier alpha value is -10.4. The molecule has 0 amide bonds. The van der Waals surface area contributed by atoms with Crippen molar-refractivity contribution in [3.05, 3.63) is 252 Å². The molecule has 0 bridgehead atoms. The minimum atomic E-state index is 0.304. The van der Waals surface area contributed by atoms with Crippen LogP contribution in [0.15, 0.2) is 206 Å². The molecule has 8 nitrogen and oxygen atoms in total. The van der Waals surface area contributed by atoms with Gasteiger partial charge in [0.2, 0.25) is 0 Å². The van der Waals surface area contributed by atoms with Gasteiger partial charge in [0, 0.05) is 44.0 Å². The van der Waals surface area contributed by atoms with Crippen LogP contribution in [-0.2, 0) is 0 Å². The Labute approximate surface area is 403 Å². The molecule has 0 atom stereocenters. The van der Waals surface area contributed by atoms with Crippen LogP contribution in [0.2, 0.25) is 0 Å². The van der Waals surface area contributed by atoms with Gasteiger partial charge in [0.05, 0.1) is 59.7 Å². The Morgan fingerprint density at radius 2 is 0.743 bits per heavy atom. The van der Waals surface area contributed by atoms with Crippen molar-refractivity contribution in [2.24, 2.45) is 0 Å². The number of nitrogens with zero attached hydrogens (tertiary/aromatic N) is 8. The van der Waals surface area contributed by atoms with Crippen molar-refractivity contribution >= 4 is 66.4 Å². The standard InChI is InChI=1S/C62H34N8/c1-63-51-20-10-5-18-48(51)54-38-53(67-62(68-54)49-19-6-11-21-52(49)64-2)42-35-55(65-3)61(56(36-42)66-4)41-27-25-39(26-28-41)40-29-31-43(32-30-40)69-59-24-14-9-17-47(59)50-37-44(33-34-60(50)69)70-57-22-12-7-15-45(57)46-16-8-13-23-58(46)70/h5-38H. The molecule has 0 aliphatic heterocycles. The van der Waals surface area contributed by atoms with E-state index in [1.807, 2.05) is 42.5 Å². The van der Waals surface area contributed by atoms with Crippen LogP contribution in [0.25, 0.3) is 131 Å². The monoisotopic (exact) mass is 890 g/mol. The highest BCUT2D eigenvalue weighted by molar-refractivity contribution is 6.12. The lowest BCUT2D eigenvalue weighted by Gasteiger charge is -2.14. The second-order valence-corrected chi connectivity index (χ2v) is 16.9. The van der Waals surface area contributed by atoms with Gasteiger partial charge in [-0.3, -0.25) is 0 Å². The molecule has 0 saturated heterocycles. The van der Waals surface area contributed by atoms with Crippen molar-refractivity contribution in [2.75, 3.05) is 0 Å². The van der Waals surface area contributed by atoms with E-state index in [2.05, 4.69) is 144 Å². The van der Waals surface area contributed by atoms with Gasteiger partial charge in [0.1, 0.15) is 5.82 Å². The summed E-state index contributed by atoms with van der Waals surface area (Å²) in [5.41, 5.74) is 14.2. The maximum atomic E-state index is 8.30. The minimum absolute atomic E-state index is 0.304. The summed E-state index contributed by atoms with van der Waals surface area (Å²) in [4.78, 5) is 25.1. The molecular formula is C62H34N8. The zero-order valence-corrected chi connectivity index (χ0v) is 37.2. The fourth-order valence-corrected chi connectivity index (χ4v) is 9.84. The maximum absolute atomic E-state index is 8.30. The van der Waals surface area contributed by atoms with E-state index in [1.54, 1.807) is 48.5 Å². The third kappa shape index (κ3) is 6.73. The first kappa shape index (κ1) is 41.1. The highest BCUT2D eigenvalue weighted by Gasteiger charge is 2.20. The summed E-state index contributed by atoms with van der Waals surface area (Å²) in [6.45, 7) is 32.2. The summed E-state index contributed by atoms with van der Waals surface area (Å²) in [5, 5.41) is 4.83. The van der Waals surface area contributed by atoms with Crippen molar-refractivity contribution in [1.82, 2.24) is 19.1 Å². The van der Waals surface area contributed by atoms with E-state index in [-0.39, 0.29) is 0 Å². The molecule has 3 heterocycles. The lowest BCUT2D eigenvalue weighted by atomic mass is 9.95. The van der Waals surface area contributed by atoms with Gasteiger partial charge in [0.25, 0.3) is 0 Å². The normalized spacial score (nSPS) is 11.1. The predicted molar refractivity (Wildman–Crippen MR) is 283 cm³/mol. The SMILES string of the molecule is [C-]#[N+]c1ccccc1-c1cc(-c2cc([N+]#[C-])c(-c3ccc(-c4ccc(-n5c6ccccc6c6cc(-n7c8ccccc8c8ccccc87)ccc65)cc4)cc3)c([N+]#[C-])c2)nc(-c2ccccc2[N+]#[C-])n1. The molecule has 322 valence electrons. The molecule has 0 N–H and O–H groups in total. The number of aromatic nitrogens is 4. The highest BCUT2D eigenvalue weighted by atomic mass is 15.0. The van der Waals surface area contributed by atoms with Crippen LogP contribution in [-0.4, -0.2) is 19.1 Å². The maximum Gasteiger partial charge on any atom is 0.198 e. The summed E-state index contributed by atoms with van der Waals surface area (Å²) in [7, 11) is 0. The Bertz CT molecular complexity index is 4120. The van der Waals surface area contributed by atoms with E-state index in [1.165, 1.54) is 32.6 Å². The number of benzene rings is 9.